The summed E-state index contributed by atoms with van der Waals surface area (Å²) in [7, 11) is -7.75. The van der Waals surface area contributed by atoms with Gasteiger partial charge in [-0.2, -0.15) is 0 Å². The van der Waals surface area contributed by atoms with Gasteiger partial charge < -0.3 is 20.9 Å². The monoisotopic (exact) mass is 759 g/mol. The van der Waals surface area contributed by atoms with Crippen LogP contribution in [0.5, 0.6) is 11.5 Å². The summed E-state index contributed by atoms with van der Waals surface area (Å²) in [4.78, 5) is 46.5. The molecular formula is C40H29N3O7S3. The Labute approximate surface area is 308 Å². The highest BCUT2D eigenvalue weighted by Crippen LogP contribution is 2.68. The number of carbonyl (C=O) groups is 1. The van der Waals surface area contributed by atoms with Crippen molar-refractivity contribution in [2.75, 3.05) is 6.26 Å². The van der Waals surface area contributed by atoms with E-state index in [-0.39, 0.29) is 47.3 Å². The Balaban J connectivity index is 1.62. The molecule has 0 saturated carbocycles. The van der Waals surface area contributed by atoms with Gasteiger partial charge in [-0.05, 0) is 37.9 Å². The highest BCUT2D eigenvalue weighted by atomic mass is 32.3. The van der Waals surface area contributed by atoms with E-state index in [2.05, 4.69) is 4.98 Å². The molecule has 0 spiro atoms. The number of nitrogens with zero attached hydrogens (tertiary/aromatic N) is 1. The van der Waals surface area contributed by atoms with Crippen LogP contribution in [-0.2, 0) is 9.84 Å². The zero-order valence-corrected chi connectivity index (χ0v) is 30.3. The molecule has 4 aromatic carbocycles. The number of thiophene rings is 1. The van der Waals surface area contributed by atoms with E-state index in [1.165, 1.54) is 5.41 Å². The molecule has 10 nitrogen and oxygen atoms in total. The highest BCUT2D eigenvalue weighted by molar-refractivity contribution is 8.46. The Morgan fingerprint density at radius 3 is 1.66 bits per heavy atom. The summed E-state index contributed by atoms with van der Waals surface area (Å²) in [6.45, 7) is 0. The topological polar surface area (TPSA) is 173 Å². The molecular weight excluding hydrogens is 731 g/mol. The van der Waals surface area contributed by atoms with Crippen LogP contribution in [0.15, 0.2) is 146 Å². The standard InChI is InChI=1S/C40H29N3O7S3/c1-52(49,50)39-28(24-16-8-3-9-17-24)32-34(45)30(26-20-12-5-13-21-26)37(47)43(38(32)51-39)53(40(41)48)22-27(23-14-6-2-7-15-23)31-33(44)29(35(46)42-36(31)53)25-18-10-4-11-19-25/h2-22,45H,1H3,(H2,41,48)(H2,42,44,46). The van der Waals surface area contributed by atoms with Crippen LogP contribution in [0.25, 0.3) is 49.2 Å². The number of fused-ring (bicyclic) bond motifs is 2. The molecule has 1 atom stereocenters. The number of primary amides is 1. The summed E-state index contributed by atoms with van der Waals surface area (Å²) in [5, 5.41) is 24.6. The molecule has 8 rings (SSSR count). The summed E-state index contributed by atoms with van der Waals surface area (Å²) >= 11 is 0.712. The van der Waals surface area contributed by atoms with Crippen molar-refractivity contribution >= 4 is 52.4 Å². The summed E-state index contributed by atoms with van der Waals surface area (Å²) < 4.78 is 28.1. The van der Waals surface area contributed by atoms with Crippen LogP contribution < -0.4 is 16.9 Å². The number of aromatic nitrogens is 2. The summed E-state index contributed by atoms with van der Waals surface area (Å²) in [6.07, 6.45) is 1.03. The molecule has 5 N–H and O–H groups in total. The Kier molecular flexibility index (Phi) is 8.02. The molecule has 1 aliphatic heterocycles. The van der Waals surface area contributed by atoms with Crippen molar-refractivity contribution < 1.29 is 23.4 Å². The number of hydrogen-bond acceptors (Lipinski definition) is 8. The Bertz CT molecular complexity index is 2890. The van der Waals surface area contributed by atoms with Crippen molar-refractivity contribution in [2.45, 2.75) is 9.24 Å². The van der Waals surface area contributed by atoms with E-state index in [0.29, 0.717) is 33.6 Å². The van der Waals surface area contributed by atoms with Crippen molar-refractivity contribution in [1.82, 2.24) is 8.96 Å². The third kappa shape index (κ3) is 5.15. The van der Waals surface area contributed by atoms with Gasteiger partial charge in [0.1, 0.15) is 20.5 Å². The number of sulfone groups is 1. The molecule has 3 aromatic heterocycles. The minimum atomic E-state index is -4.02. The normalized spacial score (nSPS) is 16.5. The van der Waals surface area contributed by atoms with Crippen molar-refractivity contribution in [3.8, 4) is 44.9 Å². The average molecular weight is 760 g/mol. The first-order valence-corrected chi connectivity index (χ1v) is 20.5. The van der Waals surface area contributed by atoms with Gasteiger partial charge >= 0.3 is 0 Å². The lowest BCUT2D eigenvalue weighted by molar-refractivity contribution is 0.266. The van der Waals surface area contributed by atoms with Gasteiger partial charge in [-0.1, -0.05) is 121 Å². The number of carbonyl (C=O) groups excluding carboxylic acids is 1. The van der Waals surface area contributed by atoms with E-state index < -0.39 is 47.9 Å². The molecule has 4 heterocycles. The molecule has 0 fully saturated rings. The first kappa shape index (κ1) is 34.0. The second-order valence-electron chi connectivity index (χ2n) is 12.4. The molecule has 7 aromatic rings. The smallest absolute Gasteiger partial charge is 0.285 e. The number of benzene rings is 4. The van der Waals surface area contributed by atoms with E-state index >= 15 is 4.79 Å². The Hall–Kier alpha value is -6.15. The number of nitrogens with two attached hydrogens (primary N) is 1. The number of rotatable bonds is 6. The van der Waals surface area contributed by atoms with E-state index in [4.69, 9.17) is 5.73 Å². The first-order valence-electron chi connectivity index (χ1n) is 16.2. The van der Waals surface area contributed by atoms with Crippen LogP contribution in [0, 0.1) is 0 Å². The molecule has 53 heavy (non-hydrogen) atoms. The van der Waals surface area contributed by atoms with Crippen LogP contribution in [0.4, 0.5) is 4.79 Å². The molecule has 1 aliphatic rings. The van der Waals surface area contributed by atoms with Gasteiger partial charge in [-0.15, -0.1) is 11.3 Å². The zero-order chi connectivity index (χ0) is 37.2. The van der Waals surface area contributed by atoms with Crippen LogP contribution in [0.1, 0.15) is 11.1 Å². The van der Waals surface area contributed by atoms with E-state index in [0.717, 1.165) is 10.2 Å². The zero-order valence-electron chi connectivity index (χ0n) is 27.8. The third-order valence-electron chi connectivity index (χ3n) is 9.14. The van der Waals surface area contributed by atoms with Crippen LogP contribution in [0.3, 0.4) is 0 Å². The van der Waals surface area contributed by atoms with Gasteiger partial charge in [-0.25, -0.2) is 12.4 Å². The van der Waals surface area contributed by atoms with Gasteiger partial charge in [0.2, 0.25) is 0 Å². The summed E-state index contributed by atoms with van der Waals surface area (Å²) in [6, 6.07) is 34.2. The molecule has 0 bridgehead atoms. The number of aromatic hydroxyl groups is 2. The summed E-state index contributed by atoms with van der Waals surface area (Å²) in [5.74, 6) is -0.919. The van der Waals surface area contributed by atoms with E-state index in [1.807, 2.05) is 0 Å². The Morgan fingerprint density at radius 1 is 0.698 bits per heavy atom. The number of hydrogen-bond donors (Lipinski definition) is 4. The van der Waals surface area contributed by atoms with Crippen molar-refractivity contribution in [1.29, 1.82) is 0 Å². The molecule has 0 saturated heterocycles. The number of pyridine rings is 2. The largest absolute Gasteiger partial charge is 0.506 e. The van der Waals surface area contributed by atoms with Gasteiger partial charge in [0.25, 0.3) is 16.4 Å². The second-order valence-corrected chi connectivity index (χ2v) is 18.2. The SMILES string of the molecule is CS(=O)(=O)c1sc2c(c(O)c(-c3ccccc3)c(=O)n2S2(C(N)=O)C=C(c3ccccc3)c3c2[nH]c(=O)c(-c2ccccc2)c3O)c1-c1ccccc1. The highest BCUT2D eigenvalue weighted by Gasteiger charge is 2.47. The third-order valence-corrected chi connectivity index (χ3v) is 15.3. The quantitative estimate of drug-likeness (QED) is 0.135. The van der Waals surface area contributed by atoms with Crippen LogP contribution in [-0.4, -0.2) is 39.1 Å². The predicted molar refractivity (Wildman–Crippen MR) is 210 cm³/mol. The maximum Gasteiger partial charge on any atom is 0.285 e. The Morgan fingerprint density at radius 2 is 1.17 bits per heavy atom. The molecule has 264 valence electrons. The van der Waals surface area contributed by atoms with Crippen molar-refractivity contribution in [3.63, 3.8) is 0 Å². The molecule has 1 unspecified atom stereocenters. The van der Waals surface area contributed by atoms with Gasteiger partial charge in [0.15, 0.2) is 9.84 Å². The fraction of sp³-hybridized carbons (Fsp3) is 0.0250. The molecule has 1 amide bonds. The number of aromatic amines is 1. The minimum absolute atomic E-state index is 0.00351. The first-order chi connectivity index (χ1) is 25.4. The van der Waals surface area contributed by atoms with E-state index in [9.17, 15) is 28.2 Å². The van der Waals surface area contributed by atoms with E-state index in [1.54, 1.807) is 121 Å². The van der Waals surface area contributed by atoms with Gasteiger partial charge in [-0.3, -0.25) is 14.4 Å². The molecule has 13 heteroatoms. The summed E-state index contributed by atoms with van der Waals surface area (Å²) in [5.41, 5.74) is 6.76. The van der Waals surface area contributed by atoms with Crippen molar-refractivity contribution in [3.05, 3.63) is 159 Å². The molecule has 0 radical (unpaired) electrons. The lowest BCUT2D eigenvalue weighted by atomic mass is 9.96. The maximum absolute atomic E-state index is 15.2. The fourth-order valence-corrected chi connectivity index (χ4v) is 12.7. The van der Waals surface area contributed by atoms with Crippen LogP contribution >= 0.6 is 21.6 Å². The lowest BCUT2D eigenvalue weighted by Gasteiger charge is -2.34. The number of nitrogens with one attached hydrogen (secondary N) is 1. The fourth-order valence-electron chi connectivity index (χ4n) is 6.87. The van der Waals surface area contributed by atoms with Crippen LogP contribution in [0.2, 0.25) is 0 Å². The molecule has 0 aliphatic carbocycles. The predicted octanol–water partition coefficient (Wildman–Crippen LogP) is 7.68. The minimum Gasteiger partial charge on any atom is -0.506 e. The number of amides is 1. The second kappa shape index (κ2) is 12.5. The average Bonchev–Trinajstić information content (AvgIpc) is 3.72. The van der Waals surface area contributed by atoms with Crippen molar-refractivity contribution in [2.24, 2.45) is 5.73 Å². The van der Waals surface area contributed by atoms with Gasteiger partial charge in [0, 0.05) is 17.4 Å². The maximum atomic E-state index is 15.2. The number of H-pyrrole nitrogens is 1. The lowest BCUT2D eigenvalue weighted by Crippen LogP contribution is -2.33. The van der Waals surface area contributed by atoms with Gasteiger partial charge in [0.05, 0.1) is 27.1 Å².